The van der Waals surface area contributed by atoms with E-state index in [1.54, 1.807) is 24.0 Å². The van der Waals surface area contributed by atoms with Gasteiger partial charge < -0.3 is 10.5 Å². The summed E-state index contributed by atoms with van der Waals surface area (Å²) in [6.07, 6.45) is 3.77. The molecule has 0 atom stereocenters. The van der Waals surface area contributed by atoms with Crippen molar-refractivity contribution in [3.05, 3.63) is 17.8 Å². The van der Waals surface area contributed by atoms with Gasteiger partial charge in [-0.2, -0.15) is 0 Å². The van der Waals surface area contributed by atoms with Crippen LogP contribution in [0.5, 0.6) is 0 Å². The number of aromatic nitrogens is 1. The third kappa shape index (κ3) is 3.41. The molecule has 1 rings (SSSR count). The van der Waals surface area contributed by atoms with Crippen molar-refractivity contribution in [1.82, 2.24) is 4.98 Å². The van der Waals surface area contributed by atoms with E-state index >= 15 is 0 Å². The molecule has 1 aromatic heterocycles. The Bertz CT molecular complexity index is 369. The predicted molar refractivity (Wildman–Crippen MR) is 65.6 cm³/mol. The zero-order chi connectivity index (χ0) is 12.0. The van der Waals surface area contributed by atoms with Crippen LogP contribution in [0.3, 0.4) is 0 Å². The maximum absolute atomic E-state index is 11.5. The van der Waals surface area contributed by atoms with Gasteiger partial charge in [0.05, 0.1) is 24.6 Å². The van der Waals surface area contributed by atoms with Gasteiger partial charge in [-0.1, -0.05) is 13.3 Å². The normalized spacial score (nSPS) is 10.1. The summed E-state index contributed by atoms with van der Waals surface area (Å²) >= 11 is 1.56. The van der Waals surface area contributed by atoms with Crippen molar-refractivity contribution in [1.29, 1.82) is 0 Å². The van der Waals surface area contributed by atoms with E-state index < -0.39 is 5.97 Å². The first kappa shape index (κ1) is 12.8. The number of carbonyl (C=O) groups is 1. The van der Waals surface area contributed by atoms with E-state index in [0.29, 0.717) is 16.3 Å². The molecular formula is C11H16N2O2S. The average molecular weight is 240 g/mol. The number of carbonyl (C=O) groups excluding carboxylic acids is 1. The quantitative estimate of drug-likeness (QED) is 0.486. The van der Waals surface area contributed by atoms with Crippen LogP contribution in [0.4, 0.5) is 5.69 Å². The van der Waals surface area contributed by atoms with Gasteiger partial charge in [-0.25, -0.2) is 9.78 Å². The number of thioether (sulfide) groups is 1. The van der Waals surface area contributed by atoms with Gasteiger partial charge in [0.25, 0.3) is 0 Å². The summed E-state index contributed by atoms with van der Waals surface area (Å²) in [6.45, 7) is 2.12. The topological polar surface area (TPSA) is 65.2 Å². The highest BCUT2D eigenvalue weighted by Crippen LogP contribution is 2.23. The zero-order valence-corrected chi connectivity index (χ0v) is 10.3. The Morgan fingerprint density at radius 1 is 1.62 bits per heavy atom. The third-order valence-corrected chi connectivity index (χ3v) is 3.11. The minimum atomic E-state index is -0.390. The molecule has 88 valence electrons. The Morgan fingerprint density at radius 2 is 2.38 bits per heavy atom. The molecule has 0 bridgehead atoms. The molecule has 4 nitrogen and oxygen atoms in total. The molecule has 0 radical (unpaired) electrons. The molecule has 0 spiro atoms. The van der Waals surface area contributed by atoms with Crippen molar-refractivity contribution in [3.8, 4) is 0 Å². The Kier molecular flexibility index (Phi) is 5.11. The molecule has 0 unspecified atom stereocenters. The van der Waals surface area contributed by atoms with Crippen molar-refractivity contribution in [3.63, 3.8) is 0 Å². The largest absolute Gasteiger partial charge is 0.465 e. The molecule has 0 saturated heterocycles. The van der Waals surface area contributed by atoms with Crippen LogP contribution in [0.15, 0.2) is 17.3 Å². The van der Waals surface area contributed by atoms with Gasteiger partial charge in [-0.05, 0) is 18.2 Å². The summed E-state index contributed by atoms with van der Waals surface area (Å²) in [6, 6.07) is 1.60. The molecule has 0 aliphatic rings. The Hall–Kier alpha value is -1.23. The van der Waals surface area contributed by atoms with E-state index in [1.807, 2.05) is 0 Å². The first-order valence-electron chi connectivity index (χ1n) is 5.15. The standard InChI is InChI=1S/C11H16N2O2S/c1-3-4-5-16-10-9(11(14)15-2)6-8(12)7-13-10/h6-7H,3-5,12H2,1-2H3. The minimum Gasteiger partial charge on any atom is -0.465 e. The van der Waals surface area contributed by atoms with Crippen molar-refractivity contribution in [2.24, 2.45) is 0 Å². The number of nitrogens with two attached hydrogens (primary N) is 1. The number of nitrogens with zero attached hydrogens (tertiary/aromatic N) is 1. The van der Waals surface area contributed by atoms with Gasteiger partial charge in [0.15, 0.2) is 0 Å². The second-order valence-electron chi connectivity index (χ2n) is 3.31. The second kappa shape index (κ2) is 6.37. The Morgan fingerprint density at radius 3 is 3.00 bits per heavy atom. The van der Waals surface area contributed by atoms with E-state index in [9.17, 15) is 4.79 Å². The lowest BCUT2D eigenvalue weighted by Crippen LogP contribution is -2.06. The van der Waals surface area contributed by atoms with Crippen molar-refractivity contribution < 1.29 is 9.53 Å². The number of rotatable bonds is 5. The maximum Gasteiger partial charge on any atom is 0.340 e. The van der Waals surface area contributed by atoms with Gasteiger partial charge in [0.1, 0.15) is 5.03 Å². The van der Waals surface area contributed by atoms with Crippen LogP contribution in [0.25, 0.3) is 0 Å². The summed E-state index contributed by atoms with van der Waals surface area (Å²) in [4.78, 5) is 15.6. The molecule has 1 heterocycles. The first-order chi connectivity index (χ1) is 7.69. The molecule has 0 amide bonds. The number of hydrogen-bond donors (Lipinski definition) is 1. The number of esters is 1. The molecule has 5 heteroatoms. The van der Waals surface area contributed by atoms with Crippen molar-refractivity contribution in [2.45, 2.75) is 24.8 Å². The molecule has 1 aromatic rings. The van der Waals surface area contributed by atoms with Crippen LogP contribution >= 0.6 is 11.8 Å². The van der Waals surface area contributed by atoms with E-state index in [0.717, 1.165) is 18.6 Å². The molecular weight excluding hydrogens is 224 g/mol. The second-order valence-corrected chi connectivity index (χ2v) is 4.40. The van der Waals surface area contributed by atoms with Crippen LogP contribution in [0.2, 0.25) is 0 Å². The summed E-state index contributed by atoms with van der Waals surface area (Å²) in [5, 5.41) is 0.689. The number of anilines is 1. The molecule has 0 aliphatic heterocycles. The lowest BCUT2D eigenvalue weighted by Gasteiger charge is -2.06. The number of hydrogen-bond acceptors (Lipinski definition) is 5. The zero-order valence-electron chi connectivity index (χ0n) is 9.53. The predicted octanol–water partition coefficient (Wildman–Crippen LogP) is 2.34. The number of ether oxygens (including phenoxy) is 1. The maximum atomic E-state index is 11.5. The first-order valence-corrected chi connectivity index (χ1v) is 6.14. The van der Waals surface area contributed by atoms with Crippen molar-refractivity contribution in [2.75, 3.05) is 18.6 Å². The van der Waals surface area contributed by atoms with Crippen LogP contribution in [-0.4, -0.2) is 23.8 Å². The smallest absolute Gasteiger partial charge is 0.340 e. The SMILES string of the molecule is CCCCSc1ncc(N)cc1C(=O)OC. The Balaban J connectivity index is 2.85. The minimum absolute atomic E-state index is 0.390. The van der Waals surface area contributed by atoms with Crippen LogP contribution in [0, 0.1) is 0 Å². The molecule has 0 saturated carbocycles. The highest BCUT2D eigenvalue weighted by molar-refractivity contribution is 7.99. The highest BCUT2D eigenvalue weighted by Gasteiger charge is 2.13. The summed E-state index contributed by atoms with van der Waals surface area (Å²) in [5.74, 6) is 0.552. The van der Waals surface area contributed by atoms with E-state index in [2.05, 4.69) is 11.9 Å². The van der Waals surface area contributed by atoms with Gasteiger partial charge in [-0.15, -0.1) is 11.8 Å². The number of methoxy groups -OCH3 is 1. The lowest BCUT2D eigenvalue weighted by atomic mass is 10.3. The molecule has 0 aromatic carbocycles. The van der Waals surface area contributed by atoms with Gasteiger partial charge in [0, 0.05) is 0 Å². The van der Waals surface area contributed by atoms with Crippen molar-refractivity contribution >= 4 is 23.4 Å². The number of pyridine rings is 1. The van der Waals surface area contributed by atoms with E-state index in [4.69, 9.17) is 10.5 Å². The van der Waals surface area contributed by atoms with Gasteiger partial charge >= 0.3 is 5.97 Å². The average Bonchev–Trinajstić information content (AvgIpc) is 2.30. The van der Waals surface area contributed by atoms with Crippen LogP contribution < -0.4 is 5.73 Å². The summed E-state index contributed by atoms with van der Waals surface area (Å²) < 4.78 is 4.69. The van der Waals surface area contributed by atoms with E-state index in [1.165, 1.54) is 7.11 Å². The number of unbranched alkanes of at least 4 members (excludes halogenated alkanes) is 1. The molecule has 0 aliphatic carbocycles. The van der Waals surface area contributed by atoms with Crippen LogP contribution in [-0.2, 0) is 4.74 Å². The van der Waals surface area contributed by atoms with Gasteiger partial charge in [0.2, 0.25) is 0 Å². The van der Waals surface area contributed by atoms with Gasteiger partial charge in [-0.3, -0.25) is 0 Å². The fraction of sp³-hybridized carbons (Fsp3) is 0.455. The molecule has 0 fully saturated rings. The monoisotopic (exact) mass is 240 g/mol. The summed E-state index contributed by atoms with van der Waals surface area (Å²) in [5.41, 5.74) is 6.52. The lowest BCUT2D eigenvalue weighted by molar-refractivity contribution is 0.0596. The third-order valence-electron chi connectivity index (χ3n) is 2.01. The van der Waals surface area contributed by atoms with E-state index in [-0.39, 0.29) is 0 Å². The molecule has 2 N–H and O–H groups in total. The Labute approximate surface area is 99.6 Å². The molecule has 16 heavy (non-hydrogen) atoms. The van der Waals surface area contributed by atoms with Crippen LogP contribution in [0.1, 0.15) is 30.1 Å². The summed E-state index contributed by atoms with van der Waals surface area (Å²) in [7, 11) is 1.35. The number of nitrogen functional groups attached to an aromatic ring is 1. The fourth-order valence-corrected chi connectivity index (χ4v) is 2.20. The highest BCUT2D eigenvalue weighted by atomic mass is 32.2. The fourth-order valence-electron chi connectivity index (χ4n) is 1.15.